The first-order valence-electron chi connectivity index (χ1n) is 9.27. The molecular formula is C20H15ClFN5O4S. The summed E-state index contributed by atoms with van der Waals surface area (Å²) in [7, 11) is -4.43. The zero-order valence-corrected chi connectivity index (χ0v) is 18.1. The normalized spacial score (nSPS) is 11.5. The molecule has 0 aliphatic heterocycles. The van der Waals surface area contributed by atoms with Gasteiger partial charge in [0.2, 0.25) is 5.65 Å². The molecule has 0 atom stereocenters. The largest absolute Gasteiger partial charge is 0.462 e. The summed E-state index contributed by atoms with van der Waals surface area (Å²) in [6.45, 7) is 1.63. The van der Waals surface area contributed by atoms with E-state index in [1.54, 1.807) is 19.1 Å². The molecule has 2 aromatic carbocycles. The summed E-state index contributed by atoms with van der Waals surface area (Å²) in [5.74, 6) is -1.93. The number of fused-ring (bicyclic) bond motifs is 1. The number of halogens is 2. The molecule has 0 amide bonds. The lowest BCUT2D eigenvalue weighted by Crippen LogP contribution is -2.37. The van der Waals surface area contributed by atoms with E-state index < -0.39 is 26.7 Å². The molecule has 0 saturated carbocycles. The van der Waals surface area contributed by atoms with Crippen molar-refractivity contribution in [3.63, 3.8) is 0 Å². The predicted molar refractivity (Wildman–Crippen MR) is 114 cm³/mol. The summed E-state index contributed by atoms with van der Waals surface area (Å²) in [5, 5.41) is 8.22. The van der Waals surface area contributed by atoms with Gasteiger partial charge in [-0.2, -0.15) is 12.8 Å². The third kappa shape index (κ3) is 3.87. The molecule has 12 heteroatoms. The van der Waals surface area contributed by atoms with Gasteiger partial charge >= 0.3 is 5.97 Å². The Balaban J connectivity index is 1.88. The van der Waals surface area contributed by atoms with Gasteiger partial charge in [0, 0.05) is 11.2 Å². The van der Waals surface area contributed by atoms with Crippen LogP contribution in [-0.4, -0.2) is 41.1 Å². The first-order chi connectivity index (χ1) is 15.3. The first-order valence-corrected chi connectivity index (χ1v) is 11.1. The third-order valence-electron chi connectivity index (χ3n) is 4.39. The summed E-state index contributed by atoms with van der Waals surface area (Å²) in [6, 6.07) is 12.0. The number of nitrogens with zero attached hydrogens (tertiary/aromatic N) is 5. The lowest BCUT2D eigenvalue weighted by Gasteiger charge is -2.24. The minimum atomic E-state index is -4.43. The molecule has 0 fully saturated rings. The molecule has 0 spiro atoms. The Kier molecular flexibility index (Phi) is 5.76. The van der Waals surface area contributed by atoms with Crippen molar-refractivity contribution in [3.8, 4) is 0 Å². The molecule has 0 N–H and O–H groups in total. The third-order valence-corrected chi connectivity index (χ3v) is 6.31. The Labute approximate surface area is 187 Å². The maximum absolute atomic E-state index is 14.6. The second kappa shape index (κ2) is 8.52. The fourth-order valence-corrected chi connectivity index (χ4v) is 4.48. The van der Waals surface area contributed by atoms with Crippen LogP contribution in [0.4, 0.5) is 10.1 Å². The number of hydrogen-bond donors (Lipinski definition) is 0. The van der Waals surface area contributed by atoms with E-state index in [1.807, 2.05) is 0 Å². The monoisotopic (exact) mass is 475 g/mol. The average Bonchev–Trinajstić information content (AvgIpc) is 3.19. The van der Waals surface area contributed by atoms with Crippen LogP contribution in [0.25, 0.3) is 11.2 Å². The van der Waals surface area contributed by atoms with Crippen LogP contribution in [0.5, 0.6) is 0 Å². The van der Waals surface area contributed by atoms with E-state index in [9.17, 15) is 17.6 Å². The Hall–Kier alpha value is -3.57. The molecule has 2 heterocycles. The number of esters is 1. The highest BCUT2D eigenvalue weighted by Crippen LogP contribution is 2.28. The van der Waals surface area contributed by atoms with Crippen LogP contribution in [0.3, 0.4) is 0 Å². The van der Waals surface area contributed by atoms with Gasteiger partial charge in [-0.1, -0.05) is 11.6 Å². The Morgan fingerprint density at radius 1 is 1.19 bits per heavy atom. The van der Waals surface area contributed by atoms with Crippen molar-refractivity contribution in [2.45, 2.75) is 11.8 Å². The zero-order valence-electron chi connectivity index (χ0n) is 16.5. The maximum Gasteiger partial charge on any atom is 0.341 e. The molecule has 32 heavy (non-hydrogen) atoms. The molecule has 2 aromatic heterocycles. The summed E-state index contributed by atoms with van der Waals surface area (Å²) >= 11 is 5.95. The van der Waals surface area contributed by atoms with Crippen LogP contribution in [0.1, 0.15) is 17.3 Å². The van der Waals surface area contributed by atoms with Crippen LogP contribution in [0.2, 0.25) is 5.02 Å². The van der Waals surface area contributed by atoms with E-state index in [0.29, 0.717) is 10.5 Å². The fraction of sp³-hybridized carbons (Fsp3) is 0.100. The number of carbonyl (C=O) groups excluding carboxylic acids is 1. The van der Waals surface area contributed by atoms with Gasteiger partial charge < -0.3 is 4.74 Å². The van der Waals surface area contributed by atoms with Crippen molar-refractivity contribution in [2.24, 2.45) is 0 Å². The minimum absolute atomic E-state index is 0.0517. The van der Waals surface area contributed by atoms with E-state index in [-0.39, 0.29) is 23.5 Å². The highest BCUT2D eigenvalue weighted by Gasteiger charge is 2.31. The van der Waals surface area contributed by atoms with Gasteiger partial charge in [0.1, 0.15) is 11.3 Å². The van der Waals surface area contributed by atoms with Crippen molar-refractivity contribution < 1.29 is 22.3 Å². The van der Waals surface area contributed by atoms with E-state index in [4.69, 9.17) is 16.3 Å². The Bertz CT molecular complexity index is 1410. The predicted octanol–water partition coefficient (Wildman–Crippen LogP) is 3.45. The molecule has 0 bridgehead atoms. The SMILES string of the molecule is CCOC(=O)c1ccc(S(=O)(=O)N(c2ccc(Cl)cc2)n2nnc3ncccc32)cc1F. The van der Waals surface area contributed by atoms with Crippen LogP contribution >= 0.6 is 11.6 Å². The lowest BCUT2D eigenvalue weighted by molar-refractivity contribution is 0.0521. The zero-order chi connectivity index (χ0) is 22.9. The molecule has 0 aliphatic carbocycles. The Morgan fingerprint density at radius 2 is 1.94 bits per heavy atom. The number of sulfonamides is 1. The molecule has 9 nitrogen and oxygen atoms in total. The van der Waals surface area contributed by atoms with Crippen LogP contribution in [0.15, 0.2) is 65.7 Å². The lowest BCUT2D eigenvalue weighted by atomic mass is 10.2. The highest BCUT2D eigenvalue weighted by atomic mass is 35.5. The van der Waals surface area contributed by atoms with Gasteiger partial charge in [-0.05, 0) is 66.7 Å². The van der Waals surface area contributed by atoms with Gasteiger partial charge in [-0.25, -0.2) is 14.2 Å². The van der Waals surface area contributed by atoms with Gasteiger partial charge in [0.15, 0.2) is 0 Å². The number of rotatable bonds is 6. The number of anilines is 1. The van der Waals surface area contributed by atoms with Crippen molar-refractivity contribution in [3.05, 3.63) is 77.2 Å². The smallest absolute Gasteiger partial charge is 0.341 e. The molecule has 0 saturated heterocycles. The number of aromatic nitrogens is 4. The molecule has 0 unspecified atom stereocenters. The summed E-state index contributed by atoms with van der Waals surface area (Å²) in [4.78, 5) is 16.6. The van der Waals surface area contributed by atoms with Crippen LogP contribution in [0, 0.1) is 5.82 Å². The van der Waals surface area contributed by atoms with Gasteiger partial charge in [-0.15, -0.1) is 9.89 Å². The summed E-state index contributed by atoms with van der Waals surface area (Å²) in [6.07, 6.45) is 1.49. The molecular weight excluding hydrogens is 461 g/mol. The van der Waals surface area contributed by atoms with Gasteiger partial charge in [0.05, 0.1) is 22.8 Å². The molecule has 4 rings (SSSR count). The van der Waals surface area contributed by atoms with Crippen molar-refractivity contribution in [1.82, 2.24) is 20.1 Å². The molecule has 0 aliphatic rings. The average molecular weight is 476 g/mol. The highest BCUT2D eigenvalue weighted by molar-refractivity contribution is 7.92. The van der Waals surface area contributed by atoms with E-state index in [2.05, 4.69) is 15.3 Å². The number of carbonyl (C=O) groups is 1. The van der Waals surface area contributed by atoms with Gasteiger partial charge in [-0.3, -0.25) is 0 Å². The van der Waals surface area contributed by atoms with Crippen molar-refractivity contribution in [1.29, 1.82) is 0 Å². The van der Waals surface area contributed by atoms with Crippen LogP contribution in [-0.2, 0) is 14.8 Å². The molecule has 4 aromatic rings. The minimum Gasteiger partial charge on any atom is -0.462 e. The second-order valence-electron chi connectivity index (χ2n) is 6.41. The van der Waals surface area contributed by atoms with Crippen LogP contribution < -0.4 is 4.41 Å². The Morgan fingerprint density at radius 3 is 2.62 bits per heavy atom. The summed E-state index contributed by atoms with van der Waals surface area (Å²) in [5.41, 5.74) is 0.305. The number of hydrogen-bond acceptors (Lipinski definition) is 7. The van der Waals surface area contributed by atoms with Crippen molar-refractivity contribution >= 4 is 44.4 Å². The van der Waals surface area contributed by atoms with Crippen molar-refractivity contribution in [2.75, 3.05) is 11.0 Å². The summed E-state index contributed by atoms with van der Waals surface area (Å²) < 4.78 is 47.5. The van der Waals surface area contributed by atoms with E-state index in [1.165, 1.54) is 30.5 Å². The van der Waals surface area contributed by atoms with E-state index in [0.717, 1.165) is 27.4 Å². The standard InChI is InChI=1S/C20H15ClFN5O4S/c1-2-31-20(28)16-10-9-15(12-17(16)22)32(29,30)27(14-7-5-13(21)6-8-14)26-18-4-3-11-23-19(18)24-25-26/h3-12H,2H2,1H3. The maximum atomic E-state index is 14.6. The fourth-order valence-electron chi connectivity index (χ4n) is 2.94. The first kappa shape index (κ1) is 21.7. The second-order valence-corrected chi connectivity index (χ2v) is 8.62. The molecule has 0 radical (unpaired) electrons. The quantitative estimate of drug-likeness (QED) is 0.393. The van der Waals surface area contributed by atoms with Gasteiger partial charge in [0.25, 0.3) is 10.0 Å². The van der Waals surface area contributed by atoms with E-state index >= 15 is 0 Å². The molecule has 164 valence electrons. The number of pyridine rings is 1. The topological polar surface area (TPSA) is 107 Å². The number of benzene rings is 2. The number of ether oxygens (including phenoxy) is 1.